The Hall–Kier alpha value is -3.09. The minimum absolute atomic E-state index is 0.0492. The molecule has 1 aromatic heterocycles. The number of rotatable bonds is 9. The highest BCUT2D eigenvalue weighted by atomic mass is 16.5. The third-order valence-electron chi connectivity index (χ3n) is 5.08. The van der Waals surface area contributed by atoms with Gasteiger partial charge in [-0.25, -0.2) is 0 Å². The minimum Gasteiger partial charge on any atom is -0.497 e. The van der Waals surface area contributed by atoms with E-state index in [1.54, 1.807) is 26.2 Å². The van der Waals surface area contributed by atoms with Gasteiger partial charge in [-0.1, -0.05) is 24.3 Å². The van der Waals surface area contributed by atoms with Crippen molar-refractivity contribution in [1.82, 2.24) is 9.88 Å². The Bertz CT molecular complexity index is 966. The summed E-state index contributed by atoms with van der Waals surface area (Å²) >= 11 is 0. The van der Waals surface area contributed by atoms with Gasteiger partial charge in [0.25, 0.3) is 0 Å². The minimum atomic E-state index is -0.506. The summed E-state index contributed by atoms with van der Waals surface area (Å²) in [5.41, 5.74) is 3.95. The quantitative estimate of drug-likeness (QED) is 0.550. The van der Waals surface area contributed by atoms with E-state index >= 15 is 0 Å². The molecule has 1 N–H and O–H groups in total. The maximum absolute atomic E-state index is 13.4. The fourth-order valence-electron chi connectivity index (χ4n) is 3.35. The number of anilines is 1. The van der Waals surface area contributed by atoms with Crippen LogP contribution >= 0.6 is 0 Å². The van der Waals surface area contributed by atoms with E-state index in [4.69, 9.17) is 9.47 Å². The van der Waals surface area contributed by atoms with Crippen LogP contribution in [-0.2, 0) is 16.6 Å². The molecule has 30 heavy (non-hydrogen) atoms. The van der Waals surface area contributed by atoms with E-state index in [-0.39, 0.29) is 5.91 Å². The summed E-state index contributed by atoms with van der Waals surface area (Å²) in [5.74, 6) is 0.667. The van der Waals surface area contributed by atoms with Crippen LogP contribution in [0.4, 0.5) is 5.69 Å². The van der Waals surface area contributed by atoms with Crippen molar-refractivity contribution in [3.05, 3.63) is 72.6 Å². The zero-order valence-corrected chi connectivity index (χ0v) is 18.0. The van der Waals surface area contributed by atoms with E-state index in [9.17, 15) is 4.79 Å². The number of methoxy groups -OCH3 is 2. The molecule has 0 bridgehead atoms. The number of aryl methyl sites for hydroxylation is 1. The average Bonchev–Trinajstić information content (AvgIpc) is 3.22. The van der Waals surface area contributed by atoms with Crippen LogP contribution in [0, 0.1) is 0 Å². The first-order valence-corrected chi connectivity index (χ1v) is 9.89. The van der Waals surface area contributed by atoms with Crippen molar-refractivity contribution < 1.29 is 14.3 Å². The van der Waals surface area contributed by atoms with Crippen molar-refractivity contribution in [3.63, 3.8) is 0 Å². The SMILES string of the molecule is COCCNC(C(=O)N(C)c1ccc(-c2ccn(C)c2)cc1)c1cccc(OC)c1. The van der Waals surface area contributed by atoms with E-state index in [1.165, 1.54) is 0 Å². The number of hydrogen-bond acceptors (Lipinski definition) is 4. The van der Waals surface area contributed by atoms with Crippen LogP contribution in [0.25, 0.3) is 11.1 Å². The van der Waals surface area contributed by atoms with Crippen LogP contribution in [-0.4, -0.2) is 44.9 Å². The van der Waals surface area contributed by atoms with Gasteiger partial charge in [-0.15, -0.1) is 0 Å². The summed E-state index contributed by atoms with van der Waals surface area (Å²) < 4.78 is 12.5. The molecular weight excluding hydrogens is 378 g/mol. The number of ether oxygens (including phenoxy) is 2. The lowest BCUT2D eigenvalue weighted by Crippen LogP contribution is -2.40. The first kappa shape index (κ1) is 21.6. The molecule has 6 nitrogen and oxygen atoms in total. The normalized spacial score (nSPS) is 11.9. The zero-order valence-electron chi connectivity index (χ0n) is 18.0. The average molecular weight is 408 g/mol. The highest BCUT2D eigenvalue weighted by Crippen LogP contribution is 2.26. The van der Waals surface area contributed by atoms with E-state index in [2.05, 4.69) is 17.6 Å². The third-order valence-corrected chi connectivity index (χ3v) is 5.08. The molecule has 0 radical (unpaired) electrons. The molecule has 1 unspecified atom stereocenters. The molecule has 0 fully saturated rings. The van der Waals surface area contributed by atoms with Crippen molar-refractivity contribution >= 4 is 11.6 Å². The van der Waals surface area contributed by atoms with Gasteiger partial charge >= 0.3 is 0 Å². The van der Waals surface area contributed by atoms with Gasteiger partial charge in [0.1, 0.15) is 11.8 Å². The fourth-order valence-corrected chi connectivity index (χ4v) is 3.35. The molecule has 3 rings (SSSR count). The van der Waals surface area contributed by atoms with Crippen molar-refractivity contribution in [3.8, 4) is 16.9 Å². The van der Waals surface area contributed by atoms with Gasteiger partial charge < -0.3 is 18.9 Å². The Morgan fingerprint density at radius 2 is 1.87 bits per heavy atom. The van der Waals surface area contributed by atoms with Crippen molar-refractivity contribution in [1.29, 1.82) is 0 Å². The predicted octanol–water partition coefficient (Wildman–Crippen LogP) is 3.64. The smallest absolute Gasteiger partial charge is 0.248 e. The van der Waals surface area contributed by atoms with Gasteiger partial charge in [0, 0.05) is 45.8 Å². The molecule has 0 spiro atoms. The molecule has 0 aliphatic heterocycles. The molecule has 1 amide bonds. The number of carbonyl (C=O) groups is 1. The van der Waals surface area contributed by atoms with Gasteiger partial charge in [-0.05, 0) is 47.0 Å². The largest absolute Gasteiger partial charge is 0.497 e. The molecule has 0 aliphatic rings. The Morgan fingerprint density at radius 3 is 2.50 bits per heavy atom. The Labute approximate surface area is 178 Å². The van der Waals surface area contributed by atoms with Crippen molar-refractivity contribution in [2.24, 2.45) is 7.05 Å². The molecule has 6 heteroatoms. The van der Waals surface area contributed by atoms with Crippen LogP contribution in [0.5, 0.6) is 5.75 Å². The third kappa shape index (κ3) is 5.09. The summed E-state index contributed by atoms with van der Waals surface area (Å²) in [5, 5.41) is 3.30. The van der Waals surface area contributed by atoms with Gasteiger partial charge in [0.2, 0.25) is 5.91 Å². The lowest BCUT2D eigenvalue weighted by molar-refractivity contribution is -0.120. The zero-order chi connectivity index (χ0) is 21.5. The molecule has 1 atom stereocenters. The number of nitrogens with zero attached hydrogens (tertiary/aromatic N) is 2. The van der Waals surface area contributed by atoms with Gasteiger partial charge in [0.05, 0.1) is 13.7 Å². The van der Waals surface area contributed by atoms with Crippen molar-refractivity contribution in [2.45, 2.75) is 6.04 Å². The molecular formula is C24H29N3O3. The lowest BCUT2D eigenvalue weighted by atomic mass is 10.0. The summed E-state index contributed by atoms with van der Waals surface area (Å²) in [7, 11) is 7.06. The Balaban J connectivity index is 1.81. The number of carbonyl (C=O) groups excluding carboxylic acids is 1. The number of nitrogens with one attached hydrogen (secondary N) is 1. The van der Waals surface area contributed by atoms with Gasteiger partial charge in [0.15, 0.2) is 0 Å². The Kier molecular flexibility index (Phi) is 7.27. The molecule has 0 saturated heterocycles. The Morgan fingerprint density at radius 1 is 1.10 bits per heavy atom. The van der Waals surface area contributed by atoms with Gasteiger partial charge in [-0.2, -0.15) is 0 Å². The number of amides is 1. The second-order valence-corrected chi connectivity index (χ2v) is 7.17. The van der Waals surface area contributed by atoms with E-state index < -0.39 is 6.04 Å². The topological polar surface area (TPSA) is 55.7 Å². The van der Waals surface area contributed by atoms with Crippen LogP contribution < -0.4 is 15.0 Å². The van der Waals surface area contributed by atoms with E-state index in [1.807, 2.05) is 66.3 Å². The van der Waals surface area contributed by atoms with E-state index in [0.717, 1.165) is 22.4 Å². The standard InChI is InChI=1S/C24H29N3O3/c1-26-14-12-20(17-26)18-8-10-21(11-9-18)27(2)24(28)23(25-13-15-29-3)19-6-5-7-22(16-19)30-4/h5-12,14,16-17,23,25H,13,15H2,1-4H3. The molecule has 158 valence electrons. The number of likely N-dealkylation sites (N-methyl/N-ethyl adjacent to an activating group) is 1. The lowest BCUT2D eigenvalue weighted by Gasteiger charge is -2.25. The van der Waals surface area contributed by atoms with Crippen LogP contribution in [0.3, 0.4) is 0 Å². The molecule has 0 aliphatic carbocycles. The second kappa shape index (κ2) is 10.1. The monoisotopic (exact) mass is 407 g/mol. The number of benzene rings is 2. The summed E-state index contributed by atoms with van der Waals surface area (Å²) in [4.78, 5) is 15.1. The summed E-state index contributed by atoms with van der Waals surface area (Å²) in [6.45, 7) is 1.08. The predicted molar refractivity (Wildman–Crippen MR) is 120 cm³/mol. The number of aromatic nitrogens is 1. The maximum atomic E-state index is 13.4. The highest BCUT2D eigenvalue weighted by molar-refractivity contribution is 5.97. The molecule has 3 aromatic rings. The number of hydrogen-bond donors (Lipinski definition) is 1. The molecule has 1 heterocycles. The summed E-state index contributed by atoms with van der Waals surface area (Å²) in [6.07, 6.45) is 4.09. The maximum Gasteiger partial charge on any atom is 0.248 e. The highest BCUT2D eigenvalue weighted by Gasteiger charge is 2.25. The summed E-state index contributed by atoms with van der Waals surface area (Å²) in [6, 6.07) is 17.1. The van der Waals surface area contributed by atoms with Crippen molar-refractivity contribution in [2.75, 3.05) is 39.3 Å². The van der Waals surface area contributed by atoms with Crippen LogP contribution in [0.1, 0.15) is 11.6 Å². The fraction of sp³-hybridized carbons (Fsp3) is 0.292. The molecule has 2 aromatic carbocycles. The van der Waals surface area contributed by atoms with E-state index in [0.29, 0.717) is 18.9 Å². The second-order valence-electron chi connectivity index (χ2n) is 7.17. The molecule has 0 saturated carbocycles. The first-order valence-electron chi connectivity index (χ1n) is 9.89. The first-order chi connectivity index (χ1) is 14.5. The van der Waals surface area contributed by atoms with Crippen LogP contribution in [0.2, 0.25) is 0 Å². The van der Waals surface area contributed by atoms with Crippen LogP contribution in [0.15, 0.2) is 67.0 Å². The van der Waals surface area contributed by atoms with Gasteiger partial charge in [-0.3, -0.25) is 10.1 Å².